The van der Waals surface area contributed by atoms with Gasteiger partial charge in [0.25, 0.3) is 0 Å². The number of rotatable bonds is 7. The summed E-state index contributed by atoms with van der Waals surface area (Å²) >= 11 is 0. The molecule has 2 aliphatic rings. The van der Waals surface area contributed by atoms with Crippen LogP contribution in [0, 0.1) is 5.92 Å². The molecule has 1 N–H and O–H groups in total. The number of hydrogen-bond acceptors (Lipinski definition) is 3. The molecule has 1 aromatic heterocycles. The van der Waals surface area contributed by atoms with Crippen molar-refractivity contribution in [1.82, 2.24) is 9.78 Å². The third-order valence-corrected chi connectivity index (χ3v) is 6.14. The molecule has 0 bridgehead atoms. The number of aromatic nitrogens is 2. The van der Waals surface area contributed by atoms with Crippen LogP contribution in [0.1, 0.15) is 55.7 Å². The second-order valence-electron chi connectivity index (χ2n) is 8.02. The number of halogens is 1. The number of nitrogens with zero attached hydrogens (tertiary/aromatic N) is 3. The minimum Gasteiger partial charge on any atom is -0.371 e. The fourth-order valence-corrected chi connectivity index (χ4v) is 4.70. The molecule has 2 aromatic rings. The molecular formula is C22H33ClN4. The lowest BCUT2D eigenvalue weighted by atomic mass is 10.0. The minimum absolute atomic E-state index is 0. The molecule has 2 aliphatic carbocycles. The van der Waals surface area contributed by atoms with Crippen molar-refractivity contribution in [3.05, 3.63) is 41.1 Å². The Bertz CT molecular complexity index is 749. The molecule has 0 radical (unpaired) electrons. The Labute approximate surface area is 169 Å². The number of benzene rings is 1. The largest absolute Gasteiger partial charge is 0.371 e. The SMILES string of the molecule is CCN(CC1CCCC1)c1cc2c(cc1CNc1ccn(C)n1)CCC2.Cl. The van der Waals surface area contributed by atoms with Gasteiger partial charge in [-0.2, -0.15) is 5.10 Å². The van der Waals surface area contributed by atoms with Gasteiger partial charge in [0.1, 0.15) is 5.82 Å². The van der Waals surface area contributed by atoms with E-state index in [4.69, 9.17) is 0 Å². The van der Waals surface area contributed by atoms with Crippen molar-refractivity contribution in [1.29, 1.82) is 0 Å². The molecule has 4 nitrogen and oxygen atoms in total. The van der Waals surface area contributed by atoms with Crippen LogP contribution in [0.25, 0.3) is 0 Å². The van der Waals surface area contributed by atoms with Gasteiger partial charge in [0.15, 0.2) is 0 Å². The summed E-state index contributed by atoms with van der Waals surface area (Å²) in [5.74, 6) is 1.83. The van der Waals surface area contributed by atoms with Gasteiger partial charge >= 0.3 is 0 Å². The van der Waals surface area contributed by atoms with E-state index in [2.05, 4.69) is 34.4 Å². The van der Waals surface area contributed by atoms with Gasteiger partial charge in [0.05, 0.1) is 0 Å². The average molecular weight is 389 g/mol. The third-order valence-electron chi connectivity index (χ3n) is 6.14. The summed E-state index contributed by atoms with van der Waals surface area (Å²) in [5, 5.41) is 8.00. The highest BCUT2D eigenvalue weighted by molar-refractivity contribution is 5.85. The molecule has 27 heavy (non-hydrogen) atoms. The highest BCUT2D eigenvalue weighted by atomic mass is 35.5. The first-order valence-corrected chi connectivity index (χ1v) is 10.4. The molecule has 148 valence electrons. The molecule has 0 spiro atoms. The second-order valence-corrected chi connectivity index (χ2v) is 8.02. The second kappa shape index (κ2) is 9.01. The molecule has 5 heteroatoms. The number of anilines is 2. The summed E-state index contributed by atoms with van der Waals surface area (Å²) in [5.41, 5.74) is 6.01. The van der Waals surface area contributed by atoms with E-state index < -0.39 is 0 Å². The first-order valence-electron chi connectivity index (χ1n) is 10.4. The van der Waals surface area contributed by atoms with Crippen LogP contribution in [0.5, 0.6) is 0 Å². The van der Waals surface area contributed by atoms with Gasteiger partial charge in [0, 0.05) is 44.6 Å². The Morgan fingerprint density at radius 1 is 1.15 bits per heavy atom. The zero-order valence-electron chi connectivity index (χ0n) is 16.7. The molecule has 0 amide bonds. The topological polar surface area (TPSA) is 33.1 Å². The Balaban J connectivity index is 0.00000210. The first kappa shape index (κ1) is 20.1. The number of nitrogens with one attached hydrogen (secondary N) is 1. The van der Waals surface area contributed by atoms with Crippen LogP contribution in [0.3, 0.4) is 0 Å². The summed E-state index contributed by atoms with van der Waals surface area (Å²) in [6.45, 7) is 5.46. The average Bonchev–Trinajstić information content (AvgIpc) is 3.39. The summed E-state index contributed by atoms with van der Waals surface area (Å²) < 4.78 is 1.85. The van der Waals surface area contributed by atoms with Gasteiger partial charge < -0.3 is 10.2 Å². The first-order chi connectivity index (χ1) is 12.7. The monoisotopic (exact) mass is 388 g/mol. The van der Waals surface area contributed by atoms with E-state index >= 15 is 0 Å². The van der Waals surface area contributed by atoms with Crippen LogP contribution in [0.2, 0.25) is 0 Å². The lowest BCUT2D eigenvalue weighted by Gasteiger charge is -2.29. The molecule has 1 fully saturated rings. The van der Waals surface area contributed by atoms with Crippen molar-refractivity contribution in [3.8, 4) is 0 Å². The molecule has 4 rings (SSSR count). The van der Waals surface area contributed by atoms with E-state index in [1.54, 1.807) is 11.1 Å². The zero-order valence-corrected chi connectivity index (χ0v) is 17.5. The molecular weight excluding hydrogens is 356 g/mol. The fourth-order valence-electron chi connectivity index (χ4n) is 4.70. The highest BCUT2D eigenvalue weighted by Crippen LogP contribution is 2.33. The van der Waals surface area contributed by atoms with Gasteiger partial charge in [-0.3, -0.25) is 4.68 Å². The Morgan fingerprint density at radius 2 is 1.89 bits per heavy atom. The van der Waals surface area contributed by atoms with Crippen molar-refractivity contribution in [3.63, 3.8) is 0 Å². The van der Waals surface area contributed by atoms with Crippen molar-refractivity contribution >= 4 is 23.9 Å². The molecule has 0 unspecified atom stereocenters. The van der Waals surface area contributed by atoms with E-state index in [1.807, 2.05) is 24.0 Å². The van der Waals surface area contributed by atoms with Crippen LogP contribution in [-0.2, 0) is 26.4 Å². The molecule has 1 saturated carbocycles. The van der Waals surface area contributed by atoms with Crippen LogP contribution in [0.15, 0.2) is 24.4 Å². The molecule has 0 saturated heterocycles. The number of hydrogen-bond donors (Lipinski definition) is 1. The lowest BCUT2D eigenvalue weighted by Crippen LogP contribution is -2.29. The van der Waals surface area contributed by atoms with Crippen molar-refractivity contribution < 1.29 is 0 Å². The highest BCUT2D eigenvalue weighted by Gasteiger charge is 2.22. The van der Waals surface area contributed by atoms with Gasteiger partial charge in [-0.05, 0) is 67.7 Å². The Morgan fingerprint density at radius 3 is 2.56 bits per heavy atom. The smallest absolute Gasteiger partial charge is 0.148 e. The predicted molar refractivity (Wildman–Crippen MR) is 116 cm³/mol. The van der Waals surface area contributed by atoms with E-state index in [0.29, 0.717) is 0 Å². The molecule has 1 aromatic carbocycles. The van der Waals surface area contributed by atoms with E-state index in [9.17, 15) is 0 Å². The maximum absolute atomic E-state index is 4.47. The van der Waals surface area contributed by atoms with Crippen molar-refractivity contribution in [2.24, 2.45) is 13.0 Å². The standard InChI is InChI=1S/C22H32N4.ClH/c1-3-26(16-17-7-4-5-8-17)21-14-19-10-6-9-18(19)13-20(21)15-23-22-11-12-25(2)24-22;/h11-14,17H,3-10,15-16H2,1-2H3,(H,23,24);1H. The predicted octanol–water partition coefficient (Wildman–Crippen LogP) is 4.96. The summed E-state index contributed by atoms with van der Waals surface area (Å²) in [6, 6.07) is 7.00. The summed E-state index contributed by atoms with van der Waals surface area (Å²) in [4.78, 5) is 2.63. The van der Waals surface area contributed by atoms with Gasteiger partial charge in [-0.1, -0.05) is 18.9 Å². The van der Waals surface area contributed by atoms with Crippen LogP contribution in [0.4, 0.5) is 11.5 Å². The van der Waals surface area contributed by atoms with Gasteiger partial charge in [0.2, 0.25) is 0 Å². The summed E-state index contributed by atoms with van der Waals surface area (Å²) in [7, 11) is 1.96. The Hall–Kier alpha value is -1.68. The van der Waals surface area contributed by atoms with Gasteiger partial charge in [-0.15, -0.1) is 12.4 Å². The minimum atomic E-state index is 0. The third kappa shape index (κ3) is 4.60. The maximum Gasteiger partial charge on any atom is 0.148 e. The normalized spacial score (nSPS) is 16.2. The quantitative estimate of drug-likeness (QED) is 0.727. The summed E-state index contributed by atoms with van der Waals surface area (Å²) in [6.07, 6.45) is 11.4. The molecule has 1 heterocycles. The molecule has 0 atom stereocenters. The van der Waals surface area contributed by atoms with E-state index in [-0.39, 0.29) is 12.4 Å². The lowest BCUT2D eigenvalue weighted by molar-refractivity contribution is 0.535. The van der Waals surface area contributed by atoms with Gasteiger partial charge in [-0.25, -0.2) is 0 Å². The van der Waals surface area contributed by atoms with Crippen LogP contribution in [-0.4, -0.2) is 22.9 Å². The van der Waals surface area contributed by atoms with E-state index in [1.165, 1.54) is 62.7 Å². The number of fused-ring (bicyclic) bond motifs is 1. The van der Waals surface area contributed by atoms with Crippen LogP contribution >= 0.6 is 12.4 Å². The fraction of sp³-hybridized carbons (Fsp3) is 0.591. The van der Waals surface area contributed by atoms with Crippen LogP contribution < -0.4 is 10.2 Å². The molecule has 0 aliphatic heterocycles. The number of aryl methyl sites for hydroxylation is 3. The van der Waals surface area contributed by atoms with E-state index in [0.717, 1.165) is 24.8 Å². The van der Waals surface area contributed by atoms with Crippen molar-refractivity contribution in [2.45, 2.75) is 58.4 Å². The zero-order chi connectivity index (χ0) is 17.9. The maximum atomic E-state index is 4.47. The Kier molecular flexibility index (Phi) is 6.69. The van der Waals surface area contributed by atoms with Crippen molar-refractivity contribution in [2.75, 3.05) is 23.3 Å².